The van der Waals surface area contributed by atoms with E-state index in [1.807, 2.05) is 37.3 Å². The van der Waals surface area contributed by atoms with E-state index in [-0.39, 0.29) is 5.75 Å². The van der Waals surface area contributed by atoms with Gasteiger partial charge < -0.3 is 23.7 Å². The van der Waals surface area contributed by atoms with Gasteiger partial charge >= 0.3 is 12.1 Å². The number of ether oxygens (including phenoxy) is 3. The van der Waals surface area contributed by atoms with E-state index in [1.165, 1.54) is 7.11 Å². The highest BCUT2D eigenvalue weighted by molar-refractivity contribution is 5.78. The maximum atomic E-state index is 12.9. The summed E-state index contributed by atoms with van der Waals surface area (Å²) in [5, 5.41) is 9.39. The Kier molecular flexibility index (Phi) is 8.83. The van der Waals surface area contributed by atoms with Crippen LogP contribution >= 0.6 is 0 Å². The lowest BCUT2D eigenvalue weighted by atomic mass is 10.1. The molecule has 1 atom stereocenters. The van der Waals surface area contributed by atoms with Gasteiger partial charge in [0, 0.05) is 12.0 Å². The van der Waals surface area contributed by atoms with E-state index in [1.54, 1.807) is 55.5 Å². The number of hydrogen-bond donors (Lipinski definition) is 1. The van der Waals surface area contributed by atoms with Crippen LogP contribution in [0.15, 0.2) is 83.3 Å². The van der Waals surface area contributed by atoms with Gasteiger partial charge in [0.15, 0.2) is 0 Å². The second kappa shape index (κ2) is 12.6. The van der Waals surface area contributed by atoms with Crippen LogP contribution in [0.4, 0.5) is 4.79 Å². The Morgan fingerprint density at radius 1 is 0.949 bits per heavy atom. The van der Waals surface area contributed by atoms with Crippen molar-refractivity contribution in [3.8, 4) is 28.7 Å². The highest BCUT2D eigenvalue weighted by atomic mass is 16.6. The van der Waals surface area contributed by atoms with E-state index in [0.29, 0.717) is 30.4 Å². The number of carbonyl (C=O) groups excluding carboxylic acids is 1. The van der Waals surface area contributed by atoms with Crippen molar-refractivity contribution in [2.24, 2.45) is 0 Å². The van der Waals surface area contributed by atoms with Crippen molar-refractivity contribution in [1.82, 2.24) is 9.88 Å². The van der Waals surface area contributed by atoms with Crippen LogP contribution in [-0.4, -0.2) is 47.3 Å². The lowest BCUT2D eigenvalue weighted by Crippen LogP contribution is -2.39. The van der Waals surface area contributed by atoms with Crippen LogP contribution in [0.25, 0.3) is 11.5 Å². The molecule has 1 N–H and O–H groups in total. The topological polar surface area (TPSA) is 111 Å². The molecule has 0 radical (unpaired) electrons. The summed E-state index contributed by atoms with van der Waals surface area (Å²) < 4.78 is 22.2. The Morgan fingerprint density at radius 3 is 2.23 bits per heavy atom. The summed E-state index contributed by atoms with van der Waals surface area (Å²) in [6.07, 6.45) is -0.197. The van der Waals surface area contributed by atoms with E-state index in [2.05, 4.69) is 4.98 Å². The summed E-state index contributed by atoms with van der Waals surface area (Å²) in [7, 11) is 1.53. The number of carbonyl (C=O) groups is 2. The molecule has 0 unspecified atom stereocenters. The lowest BCUT2D eigenvalue weighted by molar-refractivity contribution is -0.138. The number of aliphatic carboxylic acids is 1. The number of benzene rings is 3. The normalized spacial score (nSPS) is 11.5. The summed E-state index contributed by atoms with van der Waals surface area (Å²) in [6, 6.07) is 22.8. The Morgan fingerprint density at radius 2 is 1.59 bits per heavy atom. The minimum Gasteiger partial charge on any atom is -0.497 e. The van der Waals surface area contributed by atoms with Gasteiger partial charge in [-0.05, 0) is 67.9 Å². The molecule has 3 aromatic carbocycles. The zero-order chi connectivity index (χ0) is 27.8. The molecule has 0 aliphatic heterocycles. The SMILES string of the molecule is COc1ccc(OC(=O)N(CC(=O)O)[C@H](C)c2ccc(OCCc3nc(-c4ccccc4)oc3C)cc2)cc1. The number of methoxy groups -OCH3 is 1. The second-order valence-corrected chi connectivity index (χ2v) is 8.80. The average molecular weight is 531 g/mol. The van der Waals surface area contributed by atoms with E-state index in [9.17, 15) is 14.7 Å². The van der Waals surface area contributed by atoms with Gasteiger partial charge in [0.25, 0.3) is 0 Å². The van der Waals surface area contributed by atoms with Crippen molar-refractivity contribution in [1.29, 1.82) is 0 Å². The number of amides is 1. The molecule has 1 aromatic heterocycles. The first kappa shape index (κ1) is 27.3. The first-order valence-corrected chi connectivity index (χ1v) is 12.4. The number of aromatic nitrogens is 1. The Balaban J connectivity index is 1.36. The third kappa shape index (κ3) is 7.16. The van der Waals surface area contributed by atoms with E-state index in [0.717, 1.165) is 27.5 Å². The summed E-state index contributed by atoms with van der Waals surface area (Å²) in [4.78, 5) is 30.1. The van der Waals surface area contributed by atoms with Crippen molar-refractivity contribution in [3.63, 3.8) is 0 Å². The van der Waals surface area contributed by atoms with Gasteiger partial charge in [-0.15, -0.1) is 0 Å². The van der Waals surface area contributed by atoms with E-state index < -0.39 is 24.6 Å². The van der Waals surface area contributed by atoms with Gasteiger partial charge in [-0.3, -0.25) is 9.69 Å². The molecule has 0 saturated heterocycles. The smallest absolute Gasteiger partial charge is 0.416 e. The number of carboxylic acid groups (broad SMARTS) is 1. The molecule has 0 saturated carbocycles. The molecule has 202 valence electrons. The molecule has 0 bridgehead atoms. The molecule has 0 spiro atoms. The Hall–Kier alpha value is -4.79. The molecule has 39 heavy (non-hydrogen) atoms. The Labute approximate surface area is 226 Å². The standard InChI is InChI=1S/C30H30N2O7/c1-20(32(19-28(33)34)30(35)39-26-15-13-24(36-3)14-16-26)22-9-11-25(12-10-22)37-18-17-27-21(2)38-29(31-27)23-7-5-4-6-8-23/h4-16,20H,17-19H2,1-3H3,(H,33,34)/t20-/m1/s1. The largest absolute Gasteiger partial charge is 0.497 e. The summed E-state index contributed by atoms with van der Waals surface area (Å²) >= 11 is 0. The number of hydrogen-bond acceptors (Lipinski definition) is 7. The highest BCUT2D eigenvalue weighted by Crippen LogP contribution is 2.26. The molecule has 4 rings (SSSR count). The molecule has 1 heterocycles. The molecule has 0 aliphatic rings. The van der Waals surface area contributed by atoms with Crippen LogP contribution < -0.4 is 14.2 Å². The fourth-order valence-electron chi connectivity index (χ4n) is 3.96. The van der Waals surface area contributed by atoms with Crippen LogP contribution in [0.3, 0.4) is 0 Å². The van der Waals surface area contributed by atoms with Gasteiger partial charge in [-0.1, -0.05) is 30.3 Å². The zero-order valence-electron chi connectivity index (χ0n) is 22.0. The highest BCUT2D eigenvalue weighted by Gasteiger charge is 2.26. The summed E-state index contributed by atoms with van der Waals surface area (Å²) in [5.74, 6) is 1.72. The molecule has 0 fully saturated rings. The van der Waals surface area contributed by atoms with Crippen LogP contribution in [0.1, 0.15) is 30.0 Å². The first-order chi connectivity index (χ1) is 18.8. The van der Waals surface area contributed by atoms with Gasteiger partial charge in [0.05, 0.1) is 25.5 Å². The van der Waals surface area contributed by atoms with Crippen molar-refractivity contribution >= 4 is 12.1 Å². The number of carboxylic acids is 1. The van der Waals surface area contributed by atoms with Gasteiger partial charge in [0.2, 0.25) is 5.89 Å². The Bertz CT molecular complexity index is 1380. The molecule has 9 nitrogen and oxygen atoms in total. The first-order valence-electron chi connectivity index (χ1n) is 12.4. The molecule has 0 aliphatic carbocycles. The van der Waals surface area contributed by atoms with Crippen molar-refractivity contribution < 1.29 is 33.3 Å². The fourth-order valence-corrected chi connectivity index (χ4v) is 3.96. The maximum Gasteiger partial charge on any atom is 0.416 e. The van der Waals surface area contributed by atoms with Gasteiger partial charge in [-0.25, -0.2) is 9.78 Å². The molecule has 4 aromatic rings. The van der Waals surface area contributed by atoms with Crippen LogP contribution in [-0.2, 0) is 11.2 Å². The van der Waals surface area contributed by atoms with Crippen LogP contribution in [0.5, 0.6) is 17.2 Å². The molecule has 1 amide bonds. The monoisotopic (exact) mass is 530 g/mol. The predicted molar refractivity (Wildman–Crippen MR) is 144 cm³/mol. The predicted octanol–water partition coefficient (Wildman–Crippen LogP) is 5.93. The molecular formula is C30H30N2O7. The molecule has 9 heteroatoms. The van der Waals surface area contributed by atoms with Gasteiger partial charge in [-0.2, -0.15) is 0 Å². The number of oxazole rings is 1. The molecular weight excluding hydrogens is 500 g/mol. The fraction of sp³-hybridized carbons (Fsp3) is 0.233. The zero-order valence-corrected chi connectivity index (χ0v) is 22.0. The van der Waals surface area contributed by atoms with Crippen LogP contribution in [0.2, 0.25) is 0 Å². The van der Waals surface area contributed by atoms with Crippen LogP contribution in [0, 0.1) is 6.92 Å². The summed E-state index contributed by atoms with van der Waals surface area (Å²) in [5.41, 5.74) is 2.48. The number of nitrogens with zero attached hydrogens (tertiary/aromatic N) is 2. The van der Waals surface area contributed by atoms with Crippen molar-refractivity contribution in [2.45, 2.75) is 26.3 Å². The van der Waals surface area contributed by atoms with E-state index in [4.69, 9.17) is 18.6 Å². The third-order valence-corrected chi connectivity index (χ3v) is 6.16. The third-order valence-electron chi connectivity index (χ3n) is 6.16. The quantitative estimate of drug-likeness (QED) is 0.254. The van der Waals surface area contributed by atoms with Crippen molar-refractivity contribution in [2.75, 3.05) is 20.3 Å². The average Bonchev–Trinajstić information content (AvgIpc) is 3.32. The number of rotatable bonds is 11. The second-order valence-electron chi connectivity index (χ2n) is 8.80. The van der Waals surface area contributed by atoms with E-state index >= 15 is 0 Å². The minimum atomic E-state index is -1.15. The van der Waals surface area contributed by atoms with Gasteiger partial charge in [0.1, 0.15) is 29.6 Å². The summed E-state index contributed by atoms with van der Waals surface area (Å²) in [6.45, 7) is 3.51. The minimum absolute atomic E-state index is 0.283. The maximum absolute atomic E-state index is 12.9. The van der Waals surface area contributed by atoms with Crippen molar-refractivity contribution in [3.05, 3.63) is 95.9 Å². The lowest BCUT2D eigenvalue weighted by Gasteiger charge is -2.27. The number of aryl methyl sites for hydroxylation is 1.